The molecule has 108 valence electrons. The van der Waals surface area contributed by atoms with Gasteiger partial charge in [0.15, 0.2) is 0 Å². The highest BCUT2D eigenvalue weighted by molar-refractivity contribution is 5.85. The predicted octanol–water partition coefficient (Wildman–Crippen LogP) is 1.15. The highest BCUT2D eigenvalue weighted by Crippen LogP contribution is 2.19. The third kappa shape index (κ3) is 3.17. The SMILES string of the molecule is NCc1ccccc1CC(=O)N1CCCC[C@H]1C(=O)O. The van der Waals surface area contributed by atoms with E-state index in [0.29, 0.717) is 19.5 Å². The monoisotopic (exact) mass is 276 g/mol. The highest BCUT2D eigenvalue weighted by atomic mass is 16.4. The number of hydrogen-bond donors (Lipinski definition) is 2. The molecular weight excluding hydrogens is 256 g/mol. The molecule has 5 heteroatoms. The fraction of sp³-hybridized carbons (Fsp3) is 0.467. The first kappa shape index (κ1) is 14.5. The van der Waals surface area contributed by atoms with E-state index >= 15 is 0 Å². The number of piperidine rings is 1. The van der Waals surface area contributed by atoms with Gasteiger partial charge in [-0.25, -0.2) is 4.79 Å². The number of carboxylic acid groups (broad SMARTS) is 1. The van der Waals surface area contributed by atoms with Crippen LogP contribution < -0.4 is 5.73 Å². The molecule has 1 saturated heterocycles. The van der Waals surface area contributed by atoms with Gasteiger partial charge in [0, 0.05) is 13.1 Å². The number of benzene rings is 1. The summed E-state index contributed by atoms with van der Waals surface area (Å²) in [6, 6.07) is 6.85. The molecule has 1 heterocycles. The fourth-order valence-electron chi connectivity index (χ4n) is 2.68. The second kappa shape index (κ2) is 6.52. The van der Waals surface area contributed by atoms with Gasteiger partial charge >= 0.3 is 5.97 Å². The summed E-state index contributed by atoms with van der Waals surface area (Å²) in [6.07, 6.45) is 2.49. The van der Waals surface area contributed by atoms with Gasteiger partial charge in [-0.15, -0.1) is 0 Å². The Bertz CT molecular complexity index is 502. The zero-order valence-electron chi connectivity index (χ0n) is 11.4. The van der Waals surface area contributed by atoms with Gasteiger partial charge in [-0.1, -0.05) is 24.3 Å². The first-order valence-corrected chi connectivity index (χ1v) is 6.92. The van der Waals surface area contributed by atoms with Crippen LogP contribution in [-0.2, 0) is 22.6 Å². The molecule has 0 spiro atoms. The van der Waals surface area contributed by atoms with Crippen LogP contribution in [0.2, 0.25) is 0 Å². The van der Waals surface area contributed by atoms with Crippen LogP contribution in [0.15, 0.2) is 24.3 Å². The minimum atomic E-state index is -0.912. The smallest absolute Gasteiger partial charge is 0.326 e. The maximum atomic E-state index is 12.4. The molecule has 1 amide bonds. The zero-order valence-corrected chi connectivity index (χ0v) is 11.4. The van der Waals surface area contributed by atoms with Gasteiger partial charge in [-0.3, -0.25) is 4.79 Å². The Morgan fingerprint density at radius 3 is 2.60 bits per heavy atom. The molecule has 1 aromatic rings. The Balaban J connectivity index is 2.12. The van der Waals surface area contributed by atoms with Gasteiger partial charge < -0.3 is 15.7 Å². The molecule has 0 unspecified atom stereocenters. The van der Waals surface area contributed by atoms with Crippen molar-refractivity contribution in [1.29, 1.82) is 0 Å². The first-order valence-electron chi connectivity index (χ1n) is 6.92. The lowest BCUT2D eigenvalue weighted by atomic mass is 9.99. The molecule has 3 N–H and O–H groups in total. The molecule has 1 aliphatic heterocycles. The lowest BCUT2D eigenvalue weighted by Gasteiger charge is -2.33. The number of aliphatic carboxylic acids is 1. The third-order valence-electron chi connectivity index (χ3n) is 3.79. The Morgan fingerprint density at radius 2 is 1.95 bits per heavy atom. The van der Waals surface area contributed by atoms with Gasteiger partial charge in [0.05, 0.1) is 6.42 Å². The van der Waals surface area contributed by atoms with E-state index in [-0.39, 0.29) is 12.3 Å². The van der Waals surface area contributed by atoms with Crippen molar-refractivity contribution in [3.63, 3.8) is 0 Å². The maximum Gasteiger partial charge on any atom is 0.326 e. The molecule has 1 atom stereocenters. The lowest BCUT2D eigenvalue weighted by molar-refractivity contribution is -0.151. The predicted molar refractivity (Wildman–Crippen MR) is 75.0 cm³/mol. The van der Waals surface area contributed by atoms with Crippen LogP contribution in [0.4, 0.5) is 0 Å². The topological polar surface area (TPSA) is 83.6 Å². The first-order chi connectivity index (χ1) is 9.63. The van der Waals surface area contributed by atoms with Gasteiger partial charge in [0.1, 0.15) is 6.04 Å². The van der Waals surface area contributed by atoms with Crippen molar-refractivity contribution >= 4 is 11.9 Å². The van der Waals surface area contributed by atoms with Crippen LogP contribution in [-0.4, -0.2) is 34.5 Å². The minimum absolute atomic E-state index is 0.127. The standard InChI is InChI=1S/C15H20N2O3/c16-10-12-6-2-1-5-11(12)9-14(18)17-8-4-3-7-13(17)15(19)20/h1-2,5-6,13H,3-4,7-10,16H2,(H,19,20)/t13-/m0/s1. The van der Waals surface area contributed by atoms with Crippen molar-refractivity contribution in [2.45, 2.75) is 38.3 Å². The van der Waals surface area contributed by atoms with E-state index in [2.05, 4.69) is 0 Å². The number of hydrogen-bond acceptors (Lipinski definition) is 3. The molecule has 5 nitrogen and oxygen atoms in total. The summed E-state index contributed by atoms with van der Waals surface area (Å²) in [5.41, 5.74) is 7.48. The number of carboxylic acids is 1. The van der Waals surface area contributed by atoms with Crippen molar-refractivity contribution < 1.29 is 14.7 Å². The molecule has 20 heavy (non-hydrogen) atoms. The molecule has 2 rings (SSSR count). The number of amides is 1. The van der Waals surface area contributed by atoms with Crippen LogP contribution in [0, 0.1) is 0 Å². The Morgan fingerprint density at radius 1 is 1.25 bits per heavy atom. The number of likely N-dealkylation sites (tertiary alicyclic amines) is 1. The van der Waals surface area contributed by atoms with Crippen LogP contribution in [0.3, 0.4) is 0 Å². The van der Waals surface area contributed by atoms with Crippen molar-refractivity contribution in [1.82, 2.24) is 4.90 Å². The van der Waals surface area contributed by atoms with Crippen LogP contribution in [0.1, 0.15) is 30.4 Å². The largest absolute Gasteiger partial charge is 0.480 e. The van der Waals surface area contributed by atoms with Crippen molar-refractivity contribution in [3.8, 4) is 0 Å². The minimum Gasteiger partial charge on any atom is -0.480 e. The fourth-order valence-corrected chi connectivity index (χ4v) is 2.68. The average molecular weight is 276 g/mol. The van der Waals surface area contributed by atoms with E-state index in [4.69, 9.17) is 5.73 Å². The summed E-state index contributed by atoms with van der Waals surface area (Å²) in [5.74, 6) is -1.04. The second-order valence-corrected chi connectivity index (χ2v) is 5.09. The molecule has 1 aromatic carbocycles. The van der Waals surface area contributed by atoms with E-state index in [9.17, 15) is 14.7 Å². The van der Waals surface area contributed by atoms with Gasteiger partial charge in [-0.05, 0) is 30.4 Å². The average Bonchev–Trinajstić information content (AvgIpc) is 2.47. The molecule has 0 aliphatic carbocycles. The van der Waals surface area contributed by atoms with E-state index < -0.39 is 12.0 Å². The summed E-state index contributed by atoms with van der Waals surface area (Å²) < 4.78 is 0. The van der Waals surface area contributed by atoms with Crippen LogP contribution in [0.25, 0.3) is 0 Å². The molecule has 0 aromatic heterocycles. The summed E-state index contributed by atoms with van der Waals surface area (Å²) in [7, 11) is 0. The Kier molecular flexibility index (Phi) is 4.74. The van der Waals surface area contributed by atoms with E-state index in [1.54, 1.807) is 0 Å². The molecule has 0 saturated carbocycles. The van der Waals surface area contributed by atoms with E-state index in [1.807, 2.05) is 24.3 Å². The van der Waals surface area contributed by atoms with Crippen molar-refractivity contribution in [3.05, 3.63) is 35.4 Å². The zero-order chi connectivity index (χ0) is 14.5. The lowest BCUT2D eigenvalue weighted by Crippen LogP contribution is -2.48. The summed E-state index contributed by atoms with van der Waals surface area (Å²) in [6.45, 7) is 0.909. The molecule has 0 radical (unpaired) electrons. The summed E-state index contributed by atoms with van der Waals surface area (Å²) >= 11 is 0. The number of rotatable bonds is 4. The highest BCUT2D eigenvalue weighted by Gasteiger charge is 2.31. The Hall–Kier alpha value is -1.88. The van der Waals surface area contributed by atoms with Gasteiger partial charge in [0.2, 0.25) is 5.91 Å². The van der Waals surface area contributed by atoms with Gasteiger partial charge in [-0.2, -0.15) is 0 Å². The van der Waals surface area contributed by atoms with Gasteiger partial charge in [0.25, 0.3) is 0 Å². The molecule has 1 fully saturated rings. The van der Waals surface area contributed by atoms with E-state index in [1.165, 1.54) is 4.90 Å². The van der Waals surface area contributed by atoms with Crippen molar-refractivity contribution in [2.75, 3.05) is 6.54 Å². The normalized spacial score (nSPS) is 18.9. The van der Waals surface area contributed by atoms with E-state index in [0.717, 1.165) is 24.0 Å². The number of carbonyl (C=O) groups is 2. The summed E-state index contributed by atoms with van der Waals surface area (Å²) in [5, 5.41) is 9.21. The second-order valence-electron chi connectivity index (χ2n) is 5.09. The van der Waals surface area contributed by atoms with Crippen LogP contribution in [0.5, 0.6) is 0 Å². The third-order valence-corrected chi connectivity index (χ3v) is 3.79. The molecular formula is C15H20N2O3. The van der Waals surface area contributed by atoms with Crippen LogP contribution >= 0.6 is 0 Å². The summed E-state index contributed by atoms with van der Waals surface area (Å²) in [4.78, 5) is 25.1. The van der Waals surface area contributed by atoms with Crippen molar-refractivity contribution in [2.24, 2.45) is 5.73 Å². The maximum absolute atomic E-state index is 12.4. The number of nitrogens with two attached hydrogens (primary N) is 1. The number of nitrogens with zero attached hydrogens (tertiary/aromatic N) is 1. The molecule has 0 bridgehead atoms. The number of carbonyl (C=O) groups excluding carboxylic acids is 1. The quantitative estimate of drug-likeness (QED) is 0.864. The molecule has 1 aliphatic rings. The Labute approximate surface area is 118 Å².